The molecule has 0 aliphatic carbocycles. The maximum atomic E-state index is 12.8. The molecule has 0 saturated heterocycles. The number of halogens is 4. The minimum absolute atomic E-state index is 0.102. The van der Waals surface area contributed by atoms with Crippen molar-refractivity contribution in [2.24, 2.45) is 0 Å². The first-order valence-corrected chi connectivity index (χ1v) is 9.38. The van der Waals surface area contributed by atoms with Crippen LogP contribution in [-0.4, -0.2) is 35.1 Å². The molecule has 0 atom stereocenters. The number of anilines is 1. The van der Waals surface area contributed by atoms with Crippen LogP contribution in [0.15, 0.2) is 44.5 Å². The van der Waals surface area contributed by atoms with E-state index in [0.717, 1.165) is 30.3 Å². The zero-order valence-corrected chi connectivity index (χ0v) is 15.6. The molecule has 3 rings (SSSR count). The first-order valence-electron chi connectivity index (χ1n) is 7.52. The summed E-state index contributed by atoms with van der Waals surface area (Å²) >= 11 is 5.99. The van der Waals surface area contributed by atoms with E-state index in [9.17, 15) is 21.6 Å². The van der Waals surface area contributed by atoms with Crippen LogP contribution in [-0.2, 0) is 16.4 Å². The van der Waals surface area contributed by atoms with E-state index >= 15 is 0 Å². The summed E-state index contributed by atoms with van der Waals surface area (Å²) in [6.45, 7) is -0.527. The number of ether oxygens (including phenoxy) is 1. The van der Waals surface area contributed by atoms with E-state index < -0.39 is 38.6 Å². The lowest BCUT2D eigenvalue weighted by atomic mass is 10.3. The van der Waals surface area contributed by atoms with E-state index in [4.69, 9.17) is 26.9 Å². The second-order valence-corrected chi connectivity index (χ2v) is 7.67. The van der Waals surface area contributed by atoms with Gasteiger partial charge in [0.1, 0.15) is 22.4 Å². The van der Waals surface area contributed by atoms with Gasteiger partial charge in [0.25, 0.3) is 5.89 Å². The van der Waals surface area contributed by atoms with Gasteiger partial charge in [-0.25, -0.2) is 13.4 Å². The molecule has 2 heterocycles. The molecule has 0 saturated carbocycles. The highest BCUT2D eigenvalue weighted by molar-refractivity contribution is 7.91. The molecule has 0 fully saturated rings. The molecule has 2 aromatic heterocycles. The van der Waals surface area contributed by atoms with Gasteiger partial charge in [-0.15, -0.1) is 23.4 Å². The van der Waals surface area contributed by atoms with Crippen LogP contribution >= 0.6 is 11.6 Å². The molecular formula is C15H10ClF3N4O5S. The van der Waals surface area contributed by atoms with Crippen molar-refractivity contribution in [1.82, 2.24) is 15.2 Å². The number of pyridine rings is 1. The van der Waals surface area contributed by atoms with Gasteiger partial charge in [-0.3, -0.25) is 0 Å². The first kappa shape index (κ1) is 20.8. The van der Waals surface area contributed by atoms with Crippen molar-refractivity contribution in [3.05, 3.63) is 41.4 Å². The Kier molecular flexibility index (Phi) is 5.38. The average Bonchev–Trinajstić information content (AvgIpc) is 3.11. The van der Waals surface area contributed by atoms with E-state index in [1.807, 2.05) is 0 Å². The van der Waals surface area contributed by atoms with Crippen LogP contribution < -0.4 is 10.5 Å². The predicted octanol–water partition coefficient (Wildman–Crippen LogP) is 2.59. The molecule has 3 aromatic rings. The Morgan fingerprint density at radius 2 is 1.86 bits per heavy atom. The molecule has 0 aliphatic rings. The van der Waals surface area contributed by atoms with Gasteiger partial charge in [-0.05, 0) is 30.3 Å². The molecule has 3 N–H and O–H groups in total. The molecule has 0 spiro atoms. The lowest BCUT2D eigenvalue weighted by molar-refractivity contribution is -0.274. The second kappa shape index (κ2) is 7.50. The summed E-state index contributed by atoms with van der Waals surface area (Å²) in [5.41, 5.74) is 5.55. The number of hydrogen-bond donors (Lipinski definition) is 2. The van der Waals surface area contributed by atoms with Crippen molar-refractivity contribution >= 4 is 27.1 Å². The van der Waals surface area contributed by atoms with Crippen LogP contribution in [0, 0.1) is 0 Å². The number of nitrogen functional groups attached to an aromatic ring is 1. The van der Waals surface area contributed by atoms with Crippen molar-refractivity contribution in [2.45, 2.75) is 22.8 Å². The third kappa shape index (κ3) is 4.41. The van der Waals surface area contributed by atoms with Gasteiger partial charge in [0, 0.05) is 0 Å². The molecule has 29 heavy (non-hydrogen) atoms. The molecule has 0 aliphatic heterocycles. The van der Waals surface area contributed by atoms with E-state index in [1.165, 1.54) is 0 Å². The van der Waals surface area contributed by atoms with Gasteiger partial charge in [-0.1, -0.05) is 11.6 Å². The SMILES string of the molecule is Nc1cc(S(=O)(=O)c2ccc(OC(F)(F)F)cc2)c(Cl)nc1-c1nnc(CO)o1. The largest absolute Gasteiger partial charge is 0.573 e. The maximum absolute atomic E-state index is 12.8. The third-order valence-corrected chi connectivity index (χ3v) is 5.62. The Bertz CT molecular complexity index is 1150. The normalized spacial score (nSPS) is 12.2. The zero-order chi connectivity index (χ0) is 21.4. The number of aliphatic hydroxyl groups is 1. The topological polar surface area (TPSA) is 141 Å². The van der Waals surface area contributed by atoms with Crippen molar-refractivity contribution < 1.29 is 35.8 Å². The second-order valence-electron chi connectivity index (χ2n) is 5.40. The fraction of sp³-hybridized carbons (Fsp3) is 0.133. The fourth-order valence-electron chi connectivity index (χ4n) is 2.21. The first-order chi connectivity index (χ1) is 13.5. The highest BCUT2D eigenvalue weighted by Crippen LogP contribution is 2.33. The van der Waals surface area contributed by atoms with E-state index in [1.54, 1.807) is 0 Å². The third-order valence-electron chi connectivity index (χ3n) is 3.44. The summed E-state index contributed by atoms with van der Waals surface area (Å²) in [5.74, 6) is -0.896. The Morgan fingerprint density at radius 3 is 2.41 bits per heavy atom. The molecule has 9 nitrogen and oxygen atoms in total. The molecule has 1 aromatic carbocycles. The van der Waals surface area contributed by atoms with E-state index in [-0.39, 0.29) is 28.1 Å². The molecule has 0 radical (unpaired) electrons. The number of alkyl halides is 3. The Hall–Kier alpha value is -2.90. The molecule has 154 valence electrons. The van der Waals surface area contributed by atoms with Crippen LogP contribution in [0.1, 0.15) is 5.89 Å². The molecule has 0 bridgehead atoms. The average molecular weight is 451 g/mol. The standard InChI is InChI=1S/C15H10ClF3N4O5S/c16-13-10(5-9(20)12(21-13)14-23-22-11(6-24)27-14)29(25,26)8-3-1-7(2-4-8)28-15(17,18)19/h1-5,24H,6,20H2. The van der Waals surface area contributed by atoms with Crippen molar-refractivity contribution in [1.29, 1.82) is 0 Å². The van der Waals surface area contributed by atoms with Crippen molar-refractivity contribution in [2.75, 3.05) is 5.73 Å². The van der Waals surface area contributed by atoms with Crippen LogP contribution in [0.2, 0.25) is 5.15 Å². The molecule has 0 unspecified atom stereocenters. The molecule has 14 heteroatoms. The lowest BCUT2D eigenvalue weighted by Gasteiger charge is -2.11. The minimum atomic E-state index is -4.91. The van der Waals surface area contributed by atoms with Crippen molar-refractivity contribution in [3.63, 3.8) is 0 Å². The van der Waals surface area contributed by atoms with Gasteiger partial charge in [0.2, 0.25) is 15.7 Å². The van der Waals surface area contributed by atoms with Gasteiger partial charge in [-0.2, -0.15) is 0 Å². The number of sulfone groups is 1. The summed E-state index contributed by atoms with van der Waals surface area (Å²) in [4.78, 5) is 3.02. The van der Waals surface area contributed by atoms with Crippen LogP contribution in [0.5, 0.6) is 5.75 Å². The van der Waals surface area contributed by atoms with E-state index in [2.05, 4.69) is 19.9 Å². The highest BCUT2D eigenvalue weighted by atomic mass is 35.5. The number of rotatable bonds is 5. The molecule has 0 amide bonds. The van der Waals surface area contributed by atoms with Crippen LogP contribution in [0.4, 0.5) is 18.9 Å². The molecular weight excluding hydrogens is 441 g/mol. The van der Waals surface area contributed by atoms with Gasteiger partial charge < -0.3 is 20.0 Å². The number of aliphatic hydroxyl groups excluding tert-OH is 1. The predicted molar refractivity (Wildman–Crippen MR) is 91.5 cm³/mol. The lowest BCUT2D eigenvalue weighted by Crippen LogP contribution is -2.17. The summed E-state index contributed by atoms with van der Waals surface area (Å²) in [5, 5.41) is 15.6. The number of hydrogen-bond acceptors (Lipinski definition) is 9. The Morgan fingerprint density at radius 1 is 1.21 bits per heavy atom. The quantitative estimate of drug-likeness (QED) is 0.561. The summed E-state index contributed by atoms with van der Waals surface area (Å²) < 4.78 is 71.0. The van der Waals surface area contributed by atoms with Crippen LogP contribution in [0.25, 0.3) is 11.6 Å². The number of benzene rings is 1. The Balaban J connectivity index is 1.98. The summed E-state index contributed by atoms with van der Waals surface area (Å²) in [6, 6.07) is 4.52. The smallest absolute Gasteiger partial charge is 0.417 e. The number of nitrogens with two attached hydrogens (primary N) is 1. The zero-order valence-electron chi connectivity index (χ0n) is 14.0. The van der Waals surface area contributed by atoms with Gasteiger partial charge in [0.15, 0.2) is 5.69 Å². The fourth-order valence-corrected chi connectivity index (χ4v) is 3.95. The van der Waals surface area contributed by atoms with Crippen molar-refractivity contribution in [3.8, 4) is 17.3 Å². The Labute approximate surface area is 165 Å². The number of aromatic nitrogens is 3. The summed E-state index contributed by atoms with van der Waals surface area (Å²) in [7, 11) is -4.27. The highest BCUT2D eigenvalue weighted by Gasteiger charge is 2.31. The van der Waals surface area contributed by atoms with Gasteiger partial charge >= 0.3 is 6.36 Å². The minimum Gasteiger partial charge on any atom is -0.417 e. The number of nitrogens with zero attached hydrogens (tertiary/aromatic N) is 3. The van der Waals surface area contributed by atoms with Gasteiger partial charge in [0.05, 0.1) is 10.6 Å². The summed E-state index contributed by atoms with van der Waals surface area (Å²) in [6.07, 6.45) is -4.91. The van der Waals surface area contributed by atoms with Crippen LogP contribution in [0.3, 0.4) is 0 Å². The maximum Gasteiger partial charge on any atom is 0.573 e. The van der Waals surface area contributed by atoms with E-state index in [0.29, 0.717) is 0 Å². The monoisotopic (exact) mass is 450 g/mol.